The first-order chi connectivity index (χ1) is 13.0. The smallest absolute Gasteiger partial charge is 0.251 e. The number of amides is 3. The van der Waals surface area contributed by atoms with E-state index in [-0.39, 0.29) is 30.3 Å². The van der Waals surface area contributed by atoms with E-state index in [2.05, 4.69) is 16.0 Å². The second-order valence-corrected chi connectivity index (χ2v) is 6.29. The molecule has 3 amide bonds. The highest BCUT2D eigenvalue weighted by atomic mass is 16.5. The van der Waals surface area contributed by atoms with Gasteiger partial charge in [-0.2, -0.15) is 0 Å². The summed E-state index contributed by atoms with van der Waals surface area (Å²) in [6.07, 6.45) is 2.02. The van der Waals surface area contributed by atoms with Crippen molar-refractivity contribution in [1.82, 2.24) is 10.6 Å². The first kappa shape index (κ1) is 18.4. The van der Waals surface area contributed by atoms with E-state index in [9.17, 15) is 14.4 Å². The van der Waals surface area contributed by atoms with Gasteiger partial charge >= 0.3 is 0 Å². The van der Waals surface area contributed by atoms with Crippen molar-refractivity contribution < 1.29 is 19.1 Å². The number of methoxy groups -OCH3 is 1. The molecule has 1 aliphatic rings. The van der Waals surface area contributed by atoms with Crippen molar-refractivity contribution >= 4 is 23.4 Å². The Balaban J connectivity index is 1.52. The molecule has 1 aliphatic carbocycles. The van der Waals surface area contributed by atoms with E-state index in [4.69, 9.17) is 4.74 Å². The van der Waals surface area contributed by atoms with Crippen LogP contribution in [0.4, 0.5) is 5.69 Å². The first-order valence-corrected chi connectivity index (χ1v) is 8.68. The van der Waals surface area contributed by atoms with Crippen LogP contribution in [-0.4, -0.2) is 37.4 Å². The molecule has 0 aromatic heterocycles. The predicted octanol–water partition coefficient (Wildman–Crippen LogP) is 1.96. The number of ether oxygens (including phenoxy) is 1. The molecule has 0 atom stereocenters. The van der Waals surface area contributed by atoms with E-state index in [1.165, 1.54) is 7.11 Å². The molecule has 3 rings (SSSR count). The normalized spacial score (nSPS) is 12.8. The molecule has 27 heavy (non-hydrogen) atoms. The van der Waals surface area contributed by atoms with Crippen LogP contribution in [0.1, 0.15) is 33.6 Å². The molecule has 0 aliphatic heterocycles. The summed E-state index contributed by atoms with van der Waals surface area (Å²) in [5, 5.41) is 8.13. The summed E-state index contributed by atoms with van der Waals surface area (Å²) in [4.78, 5) is 36.3. The van der Waals surface area contributed by atoms with Crippen molar-refractivity contribution in [3.05, 3.63) is 59.7 Å². The van der Waals surface area contributed by atoms with Crippen LogP contribution < -0.4 is 20.7 Å². The standard InChI is InChI=1S/C20H21N3O4/c1-27-17-7-3-5-14(11-17)19(25)21-12-18(24)22-16-6-2-4-13(10-16)20(26)23-15-8-9-15/h2-7,10-11,15H,8-9,12H2,1H3,(H,21,25)(H,22,24)(H,23,26). The summed E-state index contributed by atoms with van der Waals surface area (Å²) >= 11 is 0. The molecule has 0 unspecified atom stereocenters. The van der Waals surface area contributed by atoms with Gasteiger partial charge in [0.1, 0.15) is 5.75 Å². The number of hydrogen-bond acceptors (Lipinski definition) is 4. The molecule has 0 saturated heterocycles. The van der Waals surface area contributed by atoms with E-state index < -0.39 is 0 Å². The van der Waals surface area contributed by atoms with Crippen molar-refractivity contribution in [2.45, 2.75) is 18.9 Å². The highest BCUT2D eigenvalue weighted by molar-refractivity contribution is 6.00. The number of nitrogens with one attached hydrogen (secondary N) is 3. The second kappa shape index (κ2) is 8.35. The minimum absolute atomic E-state index is 0.153. The fourth-order valence-corrected chi connectivity index (χ4v) is 2.47. The Morgan fingerprint density at radius 2 is 1.70 bits per heavy atom. The lowest BCUT2D eigenvalue weighted by atomic mass is 10.2. The van der Waals surface area contributed by atoms with Crippen LogP contribution in [0.25, 0.3) is 0 Å². The summed E-state index contributed by atoms with van der Waals surface area (Å²) in [6, 6.07) is 13.6. The molecule has 140 valence electrons. The highest BCUT2D eigenvalue weighted by Gasteiger charge is 2.23. The van der Waals surface area contributed by atoms with E-state index in [0.29, 0.717) is 22.6 Å². The van der Waals surface area contributed by atoms with Crippen LogP contribution >= 0.6 is 0 Å². The van der Waals surface area contributed by atoms with Gasteiger partial charge in [-0.25, -0.2) is 0 Å². The Bertz CT molecular complexity index is 862. The van der Waals surface area contributed by atoms with Gasteiger partial charge in [0, 0.05) is 22.9 Å². The topological polar surface area (TPSA) is 96.5 Å². The third-order valence-corrected chi connectivity index (χ3v) is 4.06. The fraction of sp³-hybridized carbons (Fsp3) is 0.250. The third kappa shape index (κ3) is 5.31. The Morgan fingerprint density at radius 1 is 1.00 bits per heavy atom. The number of anilines is 1. The Morgan fingerprint density at radius 3 is 2.41 bits per heavy atom. The first-order valence-electron chi connectivity index (χ1n) is 8.68. The van der Waals surface area contributed by atoms with Gasteiger partial charge in [-0.3, -0.25) is 14.4 Å². The number of carbonyl (C=O) groups excluding carboxylic acids is 3. The Kier molecular flexibility index (Phi) is 5.71. The van der Waals surface area contributed by atoms with Crippen molar-refractivity contribution in [3.63, 3.8) is 0 Å². The maximum atomic E-state index is 12.1. The number of benzene rings is 2. The zero-order valence-corrected chi connectivity index (χ0v) is 15.0. The molecule has 7 heteroatoms. The Hall–Kier alpha value is -3.35. The maximum absolute atomic E-state index is 12.1. The molecule has 3 N–H and O–H groups in total. The largest absolute Gasteiger partial charge is 0.497 e. The van der Waals surface area contributed by atoms with Crippen LogP contribution in [0.2, 0.25) is 0 Å². The van der Waals surface area contributed by atoms with Gasteiger partial charge in [-0.1, -0.05) is 12.1 Å². The summed E-state index contributed by atoms with van der Waals surface area (Å²) in [5.41, 5.74) is 1.39. The van der Waals surface area contributed by atoms with E-state index in [1.54, 1.807) is 48.5 Å². The zero-order chi connectivity index (χ0) is 19.2. The molecular weight excluding hydrogens is 346 g/mol. The average molecular weight is 367 g/mol. The second-order valence-electron chi connectivity index (χ2n) is 6.29. The van der Waals surface area contributed by atoms with Gasteiger partial charge in [0.2, 0.25) is 5.91 Å². The van der Waals surface area contributed by atoms with Gasteiger partial charge in [0.15, 0.2) is 0 Å². The number of carbonyl (C=O) groups is 3. The van der Waals surface area contributed by atoms with Gasteiger partial charge in [0.25, 0.3) is 11.8 Å². The highest BCUT2D eigenvalue weighted by Crippen LogP contribution is 2.20. The van der Waals surface area contributed by atoms with Crippen LogP contribution in [0, 0.1) is 0 Å². The summed E-state index contributed by atoms with van der Waals surface area (Å²) < 4.78 is 5.08. The van der Waals surface area contributed by atoms with Gasteiger partial charge in [-0.05, 0) is 49.2 Å². The minimum atomic E-state index is -0.383. The molecule has 0 bridgehead atoms. The van der Waals surface area contributed by atoms with E-state index in [0.717, 1.165) is 12.8 Å². The quantitative estimate of drug-likeness (QED) is 0.697. The van der Waals surface area contributed by atoms with Gasteiger partial charge < -0.3 is 20.7 Å². The van der Waals surface area contributed by atoms with Gasteiger partial charge in [0.05, 0.1) is 13.7 Å². The fourth-order valence-electron chi connectivity index (χ4n) is 2.47. The van der Waals surface area contributed by atoms with Crippen LogP contribution in [-0.2, 0) is 4.79 Å². The van der Waals surface area contributed by atoms with E-state index >= 15 is 0 Å². The molecule has 7 nitrogen and oxygen atoms in total. The molecule has 1 fully saturated rings. The average Bonchev–Trinajstić information content (AvgIpc) is 3.50. The monoisotopic (exact) mass is 367 g/mol. The molecular formula is C20H21N3O4. The molecule has 0 spiro atoms. The van der Waals surface area contributed by atoms with Gasteiger partial charge in [-0.15, -0.1) is 0 Å². The zero-order valence-electron chi connectivity index (χ0n) is 15.0. The maximum Gasteiger partial charge on any atom is 0.251 e. The van der Waals surface area contributed by atoms with Crippen molar-refractivity contribution in [3.8, 4) is 5.75 Å². The summed E-state index contributed by atoms with van der Waals surface area (Å²) in [6.45, 7) is -0.186. The lowest BCUT2D eigenvalue weighted by Gasteiger charge is -2.09. The summed E-state index contributed by atoms with van der Waals surface area (Å²) in [5.74, 6) is -0.346. The lowest BCUT2D eigenvalue weighted by molar-refractivity contribution is -0.115. The van der Waals surface area contributed by atoms with E-state index in [1.807, 2.05) is 0 Å². The minimum Gasteiger partial charge on any atom is -0.497 e. The van der Waals surface area contributed by atoms with Crippen molar-refractivity contribution in [1.29, 1.82) is 0 Å². The molecule has 0 radical (unpaired) electrons. The summed E-state index contributed by atoms with van der Waals surface area (Å²) in [7, 11) is 1.52. The van der Waals surface area contributed by atoms with Crippen LogP contribution in [0.3, 0.4) is 0 Å². The number of rotatable bonds is 7. The predicted molar refractivity (Wildman–Crippen MR) is 101 cm³/mol. The van der Waals surface area contributed by atoms with Crippen LogP contribution in [0.5, 0.6) is 5.75 Å². The van der Waals surface area contributed by atoms with Crippen LogP contribution in [0.15, 0.2) is 48.5 Å². The SMILES string of the molecule is COc1cccc(C(=O)NCC(=O)Nc2cccc(C(=O)NC3CC3)c2)c1. The van der Waals surface area contributed by atoms with Crippen molar-refractivity contribution in [2.75, 3.05) is 19.0 Å². The third-order valence-electron chi connectivity index (χ3n) is 4.06. The molecule has 2 aromatic carbocycles. The molecule has 1 saturated carbocycles. The lowest BCUT2D eigenvalue weighted by Crippen LogP contribution is -2.33. The van der Waals surface area contributed by atoms with Crippen molar-refractivity contribution in [2.24, 2.45) is 0 Å². The number of hydrogen-bond donors (Lipinski definition) is 3. The Labute approximate surface area is 157 Å². The molecule has 2 aromatic rings. The molecule has 0 heterocycles.